The Morgan fingerprint density at radius 1 is 0.889 bits per heavy atom. The summed E-state index contributed by atoms with van der Waals surface area (Å²) in [6.45, 7) is 0.358. The highest BCUT2D eigenvalue weighted by atomic mass is 32.2. The van der Waals surface area contributed by atoms with Crippen LogP contribution in [0.25, 0.3) is 0 Å². The van der Waals surface area contributed by atoms with Gasteiger partial charge in [0.1, 0.15) is 11.5 Å². The van der Waals surface area contributed by atoms with Gasteiger partial charge in [-0.2, -0.15) is 4.31 Å². The Morgan fingerprint density at radius 3 is 2.08 bits per heavy atom. The van der Waals surface area contributed by atoms with Crippen molar-refractivity contribution in [1.82, 2.24) is 9.62 Å². The summed E-state index contributed by atoms with van der Waals surface area (Å²) in [7, 11) is 0.818. The van der Waals surface area contributed by atoms with E-state index in [1.165, 1.54) is 49.8 Å². The van der Waals surface area contributed by atoms with Crippen molar-refractivity contribution in [2.45, 2.75) is 17.9 Å². The highest BCUT2D eigenvalue weighted by Crippen LogP contribution is 2.22. The molecule has 10 heteroatoms. The normalized spacial score (nSPS) is 11.1. The van der Waals surface area contributed by atoms with Gasteiger partial charge in [-0.05, 0) is 42.0 Å². The molecule has 0 fully saturated rings. The van der Waals surface area contributed by atoms with E-state index in [0.717, 1.165) is 5.56 Å². The quantitative estimate of drug-likeness (QED) is 0.408. The van der Waals surface area contributed by atoms with Gasteiger partial charge in [0.15, 0.2) is 0 Å². The fourth-order valence-electron chi connectivity index (χ4n) is 3.37. The number of hydrogen-bond donors (Lipinski definition) is 2. The number of carbonyl (C=O) groups excluding carboxylic acids is 2. The van der Waals surface area contributed by atoms with E-state index in [-0.39, 0.29) is 36.2 Å². The van der Waals surface area contributed by atoms with Crippen LogP contribution in [0.1, 0.15) is 22.3 Å². The van der Waals surface area contributed by atoms with Crippen molar-refractivity contribution in [3.63, 3.8) is 0 Å². The molecule has 0 saturated carbocycles. The Bertz CT molecular complexity index is 1270. The van der Waals surface area contributed by atoms with Crippen molar-refractivity contribution in [3.8, 4) is 11.5 Å². The van der Waals surface area contributed by atoms with Gasteiger partial charge in [0, 0.05) is 43.9 Å². The largest absolute Gasteiger partial charge is 0.497 e. The monoisotopic (exact) mass is 511 g/mol. The van der Waals surface area contributed by atoms with Gasteiger partial charge in [0.25, 0.3) is 5.91 Å². The smallest absolute Gasteiger partial charge is 0.251 e. The van der Waals surface area contributed by atoms with Crippen LogP contribution in [-0.2, 0) is 21.4 Å². The lowest BCUT2D eigenvalue weighted by atomic mass is 10.2. The fraction of sp³-hybridized carbons (Fsp3) is 0.231. The predicted octanol–water partition coefficient (Wildman–Crippen LogP) is 3.28. The van der Waals surface area contributed by atoms with Crippen LogP contribution in [0.2, 0.25) is 0 Å². The maximum absolute atomic E-state index is 12.9. The minimum absolute atomic E-state index is 0.0344. The lowest BCUT2D eigenvalue weighted by Crippen LogP contribution is -2.28. The van der Waals surface area contributed by atoms with Gasteiger partial charge in [0.05, 0.1) is 19.1 Å². The Hall–Kier alpha value is -3.89. The third-order valence-corrected chi connectivity index (χ3v) is 7.16. The SMILES string of the molecule is COc1cc(OC)cc(C(=O)NCCC(=O)Nc2ccc(S(=O)(=O)N(C)Cc3ccccc3)cc2)c1. The van der Waals surface area contributed by atoms with Crippen LogP contribution in [-0.4, -0.2) is 52.3 Å². The van der Waals surface area contributed by atoms with Crippen LogP contribution < -0.4 is 20.1 Å². The van der Waals surface area contributed by atoms with E-state index in [2.05, 4.69) is 10.6 Å². The lowest BCUT2D eigenvalue weighted by Gasteiger charge is -2.17. The molecule has 3 aromatic carbocycles. The number of nitrogens with one attached hydrogen (secondary N) is 2. The van der Waals surface area contributed by atoms with E-state index in [1.807, 2.05) is 30.3 Å². The van der Waals surface area contributed by atoms with E-state index >= 15 is 0 Å². The number of amides is 2. The molecule has 3 rings (SSSR count). The average Bonchev–Trinajstić information content (AvgIpc) is 2.89. The van der Waals surface area contributed by atoms with Crippen LogP contribution in [0.5, 0.6) is 11.5 Å². The summed E-state index contributed by atoms with van der Waals surface area (Å²) in [6, 6.07) is 20.1. The van der Waals surface area contributed by atoms with E-state index in [9.17, 15) is 18.0 Å². The third kappa shape index (κ3) is 7.06. The van der Waals surface area contributed by atoms with Crippen molar-refractivity contribution in [2.75, 3.05) is 33.1 Å². The molecule has 2 N–H and O–H groups in total. The molecule has 190 valence electrons. The Balaban J connectivity index is 1.52. The van der Waals surface area contributed by atoms with Crippen molar-refractivity contribution < 1.29 is 27.5 Å². The van der Waals surface area contributed by atoms with E-state index in [0.29, 0.717) is 22.7 Å². The van der Waals surface area contributed by atoms with Gasteiger partial charge in [-0.1, -0.05) is 30.3 Å². The van der Waals surface area contributed by atoms with Crippen molar-refractivity contribution in [3.05, 3.63) is 83.9 Å². The molecule has 0 aliphatic carbocycles. The summed E-state index contributed by atoms with van der Waals surface area (Å²) in [5.74, 6) is 0.271. The average molecular weight is 512 g/mol. The van der Waals surface area contributed by atoms with Gasteiger partial charge in [-0.3, -0.25) is 9.59 Å². The zero-order valence-corrected chi connectivity index (χ0v) is 21.2. The molecule has 3 aromatic rings. The van der Waals surface area contributed by atoms with Crippen molar-refractivity contribution >= 4 is 27.5 Å². The number of methoxy groups -OCH3 is 2. The van der Waals surface area contributed by atoms with E-state index < -0.39 is 10.0 Å². The zero-order valence-electron chi connectivity index (χ0n) is 20.4. The molecule has 0 saturated heterocycles. The molecule has 0 aliphatic rings. The molecule has 0 heterocycles. The molecule has 2 amide bonds. The Kier molecular flexibility index (Phi) is 9.04. The van der Waals surface area contributed by atoms with Crippen LogP contribution in [0, 0.1) is 0 Å². The molecule has 9 nitrogen and oxygen atoms in total. The first-order valence-electron chi connectivity index (χ1n) is 11.1. The zero-order chi connectivity index (χ0) is 26.1. The topological polar surface area (TPSA) is 114 Å². The predicted molar refractivity (Wildman–Crippen MR) is 137 cm³/mol. The number of ether oxygens (including phenoxy) is 2. The van der Waals surface area contributed by atoms with Crippen LogP contribution >= 0.6 is 0 Å². The second kappa shape index (κ2) is 12.2. The molecular weight excluding hydrogens is 482 g/mol. The third-order valence-electron chi connectivity index (χ3n) is 5.35. The molecule has 0 unspecified atom stereocenters. The van der Waals surface area contributed by atoms with Gasteiger partial charge in [0.2, 0.25) is 15.9 Å². The van der Waals surface area contributed by atoms with Gasteiger partial charge >= 0.3 is 0 Å². The number of sulfonamides is 1. The number of rotatable bonds is 11. The van der Waals surface area contributed by atoms with Gasteiger partial charge < -0.3 is 20.1 Å². The van der Waals surface area contributed by atoms with Gasteiger partial charge in [-0.15, -0.1) is 0 Å². The number of anilines is 1. The summed E-state index contributed by atoms with van der Waals surface area (Å²) in [5.41, 5.74) is 1.68. The Labute approximate surface area is 211 Å². The van der Waals surface area contributed by atoms with Crippen LogP contribution in [0.4, 0.5) is 5.69 Å². The number of nitrogens with zero attached hydrogens (tertiary/aromatic N) is 1. The highest BCUT2D eigenvalue weighted by molar-refractivity contribution is 7.89. The highest BCUT2D eigenvalue weighted by Gasteiger charge is 2.21. The van der Waals surface area contributed by atoms with E-state index in [4.69, 9.17) is 9.47 Å². The molecule has 0 aliphatic heterocycles. The summed E-state index contributed by atoms with van der Waals surface area (Å²) in [4.78, 5) is 24.8. The van der Waals surface area contributed by atoms with Gasteiger partial charge in [-0.25, -0.2) is 8.42 Å². The summed E-state index contributed by atoms with van der Waals surface area (Å²) < 4.78 is 37.3. The maximum atomic E-state index is 12.9. The number of benzene rings is 3. The van der Waals surface area contributed by atoms with E-state index in [1.54, 1.807) is 18.2 Å². The molecule has 0 spiro atoms. The molecule has 0 aromatic heterocycles. The summed E-state index contributed by atoms with van der Waals surface area (Å²) >= 11 is 0. The minimum Gasteiger partial charge on any atom is -0.497 e. The second-order valence-electron chi connectivity index (χ2n) is 7.93. The molecule has 0 atom stereocenters. The maximum Gasteiger partial charge on any atom is 0.251 e. The lowest BCUT2D eigenvalue weighted by molar-refractivity contribution is -0.116. The van der Waals surface area contributed by atoms with Crippen LogP contribution in [0.3, 0.4) is 0 Å². The van der Waals surface area contributed by atoms with Crippen molar-refractivity contribution in [1.29, 1.82) is 0 Å². The first-order valence-corrected chi connectivity index (χ1v) is 12.6. The summed E-state index contributed by atoms with van der Waals surface area (Å²) in [6.07, 6.45) is 0.0344. The minimum atomic E-state index is -3.69. The second-order valence-corrected chi connectivity index (χ2v) is 9.97. The standard InChI is InChI=1S/C26H29N3O6S/c1-29(18-19-7-5-4-6-8-19)36(32,33)24-11-9-21(10-12-24)28-25(30)13-14-27-26(31)20-15-22(34-2)17-23(16-20)35-3/h4-12,15-17H,13-14,18H2,1-3H3,(H,27,31)(H,28,30). The first kappa shape index (κ1) is 26.7. The molecule has 36 heavy (non-hydrogen) atoms. The molecule has 0 radical (unpaired) electrons. The molecular formula is C26H29N3O6S. The summed E-state index contributed by atoms with van der Waals surface area (Å²) in [5, 5.41) is 5.38. The number of carbonyl (C=O) groups is 2. The number of hydrogen-bond acceptors (Lipinski definition) is 6. The van der Waals surface area contributed by atoms with Crippen molar-refractivity contribution in [2.24, 2.45) is 0 Å². The fourth-order valence-corrected chi connectivity index (χ4v) is 4.53. The first-order chi connectivity index (χ1) is 17.2. The Morgan fingerprint density at radius 2 is 1.50 bits per heavy atom. The van der Waals surface area contributed by atoms with Crippen LogP contribution in [0.15, 0.2) is 77.7 Å². The molecule has 0 bridgehead atoms.